The fourth-order valence-electron chi connectivity index (χ4n) is 7.93. The van der Waals surface area contributed by atoms with Gasteiger partial charge in [-0.05, 0) is 92.1 Å². The van der Waals surface area contributed by atoms with Crippen LogP contribution < -0.4 is 5.32 Å². The van der Waals surface area contributed by atoms with Gasteiger partial charge in [-0.1, -0.05) is 19.9 Å². The zero-order valence-electron chi connectivity index (χ0n) is 21.6. The van der Waals surface area contributed by atoms with Gasteiger partial charge in [0.2, 0.25) is 5.91 Å². The summed E-state index contributed by atoms with van der Waals surface area (Å²) in [7, 11) is 1.38. The minimum Gasteiger partial charge on any atom is -0.466 e. The molecule has 0 aromatic carbocycles. The van der Waals surface area contributed by atoms with Crippen LogP contribution >= 0.6 is 0 Å². The van der Waals surface area contributed by atoms with Crippen LogP contribution in [0.25, 0.3) is 0 Å². The van der Waals surface area contributed by atoms with Gasteiger partial charge in [-0.3, -0.25) is 4.79 Å². The fourth-order valence-corrected chi connectivity index (χ4v) is 7.93. The van der Waals surface area contributed by atoms with Crippen molar-refractivity contribution in [2.24, 2.45) is 34.5 Å². The van der Waals surface area contributed by atoms with Crippen molar-refractivity contribution in [1.82, 2.24) is 5.32 Å². The average Bonchev–Trinajstić information content (AvgIpc) is 3.19. The number of aliphatic hydroxyl groups is 1. The minimum absolute atomic E-state index is 0.0933. The molecule has 4 rings (SSSR count). The van der Waals surface area contributed by atoms with E-state index in [-0.39, 0.29) is 17.3 Å². The molecular formula is C27H36F5NO4. The molecule has 0 bridgehead atoms. The second-order valence-electron chi connectivity index (χ2n) is 11.9. The fraction of sp³-hybridized carbons (Fsp3) is 0.778. The van der Waals surface area contributed by atoms with Crippen molar-refractivity contribution in [2.45, 2.75) is 90.0 Å². The quantitative estimate of drug-likeness (QED) is 0.370. The van der Waals surface area contributed by atoms with Crippen molar-refractivity contribution >= 4 is 11.9 Å². The highest BCUT2D eigenvalue weighted by atomic mass is 19.4. The predicted molar refractivity (Wildman–Crippen MR) is 125 cm³/mol. The van der Waals surface area contributed by atoms with E-state index in [0.717, 1.165) is 44.6 Å². The van der Waals surface area contributed by atoms with Gasteiger partial charge in [0.1, 0.15) is 6.10 Å². The zero-order chi connectivity index (χ0) is 27.6. The van der Waals surface area contributed by atoms with Gasteiger partial charge < -0.3 is 15.2 Å². The van der Waals surface area contributed by atoms with Gasteiger partial charge in [-0.2, -0.15) is 22.0 Å². The Morgan fingerprint density at radius 3 is 2.41 bits per heavy atom. The molecule has 1 amide bonds. The topological polar surface area (TPSA) is 75.6 Å². The third-order valence-corrected chi connectivity index (χ3v) is 10.1. The Labute approximate surface area is 213 Å². The number of nitrogens with one attached hydrogen (secondary N) is 1. The highest BCUT2D eigenvalue weighted by Gasteiger charge is 2.64. The van der Waals surface area contributed by atoms with Crippen LogP contribution in [-0.4, -0.2) is 48.3 Å². The van der Waals surface area contributed by atoms with Crippen LogP contribution in [0.4, 0.5) is 22.0 Å². The van der Waals surface area contributed by atoms with Gasteiger partial charge in [-0.15, -0.1) is 0 Å². The van der Waals surface area contributed by atoms with E-state index in [1.165, 1.54) is 7.11 Å². The van der Waals surface area contributed by atoms with Gasteiger partial charge in [-0.25, -0.2) is 4.79 Å². The largest absolute Gasteiger partial charge is 0.466 e. The van der Waals surface area contributed by atoms with Crippen molar-refractivity contribution in [3.05, 3.63) is 23.3 Å². The Bertz CT molecular complexity index is 1010. The van der Waals surface area contributed by atoms with E-state index in [0.29, 0.717) is 30.3 Å². The van der Waals surface area contributed by atoms with Crippen LogP contribution in [0.15, 0.2) is 23.3 Å². The lowest BCUT2D eigenvalue weighted by Crippen LogP contribution is -2.58. The normalized spacial score (nSPS) is 37.2. The summed E-state index contributed by atoms with van der Waals surface area (Å²) in [4.78, 5) is 25.2. The molecule has 10 heteroatoms. The van der Waals surface area contributed by atoms with E-state index in [9.17, 15) is 36.6 Å². The molecule has 8 atom stereocenters. The maximum Gasteiger partial charge on any atom is 0.456 e. The molecule has 2 fully saturated rings. The first-order chi connectivity index (χ1) is 17.1. The predicted octanol–water partition coefficient (Wildman–Crippen LogP) is 5.34. The summed E-state index contributed by atoms with van der Waals surface area (Å²) < 4.78 is 70.3. The van der Waals surface area contributed by atoms with E-state index in [4.69, 9.17) is 4.74 Å². The van der Waals surface area contributed by atoms with Gasteiger partial charge in [0, 0.05) is 11.5 Å². The highest BCUT2D eigenvalue weighted by molar-refractivity contribution is 5.89. The summed E-state index contributed by atoms with van der Waals surface area (Å²) in [6, 6.07) is -1.76. The van der Waals surface area contributed by atoms with Gasteiger partial charge in [0.05, 0.1) is 13.2 Å². The number of fused-ring (bicyclic) bond motifs is 5. The first kappa shape index (κ1) is 28.0. The molecule has 0 heterocycles. The molecule has 4 aliphatic rings. The number of esters is 1. The van der Waals surface area contributed by atoms with Crippen molar-refractivity contribution in [3.63, 3.8) is 0 Å². The number of carbonyl (C=O) groups excluding carboxylic acids is 2. The van der Waals surface area contributed by atoms with E-state index >= 15 is 0 Å². The molecule has 0 aromatic rings. The van der Waals surface area contributed by atoms with Crippen LogP contribution in [0.5, 0.6) is 0 Å². The molecule has 4 aliphatic carbocycles. The average molecular weight is 534 g/mol. The molecule has 0 saturated heterocycles. The number of amides is 1. The van der Waals surface area contributed by atoms with Crippen molar-refractivity contribution < 1.29 is 41.4 Å². The molecule has 0 spiro atoms. The number of carbonyl (C=O) groups is 2. The maximum atomic E-state index is 13.6. The summed E-state index contributed by atoms with van der Waals surface area (Å²) in [5.41, 5.74) is 1.33. The van der Waals surface area contributed by atoms with Crippen molar-refractivity contribution in [2.75, 3.05) is 7.11 Å². The van der Waals surface area contributed by atoms with E-state index in [1.807, 2.05) is 13.0 Å². The molecule has 0 aliphatic heterocycles. The van der Waals surface area contributed by atoms with Crippen LogP contribution in [0.1, 0.15) is 65.7 Å². The monoisotopic (exact) mass is 533 g/mol. The number of ether oxygens (including phenoxy) is 1. The third-order valence-electron chi connectivity index (χ3n) is 10.1. The molecule has 37 heavy (non-hydrogen) atoms. The number of aliphatic hydroxyl groups excluding tert-OH is 1. The zero-order valence-corrected chi connectivity index (χ0v) is 21.6. The van der Waals surface area contributed by atoms with Gasteiger partial charge in [0.25, 0.3) is 0 Å². The molecule has 2 N–H and O–H groups in total. The third kappa shape index (κ3) is 4.40. The molecular weight excluding hydrogens is 497 g/mol. The van der Waals surface area contributed by atoms with E-state index in [1.54, 1.807) is 0 Å². The summed E-state index contributed by atoms with van der Waals surface area (Å²) in [6.07, 6.45) is 0.343. The lowest BCUT2D eigenvalue weighted by atomic mass is 9.48. The number of methoxy groups -OCH3 is 1. The second kappa shape index (κ2) is 9.35. The maximum absolute atomic E-state index is 13.6. The smallest absolute Gasteiger partial charge is 0.456 e. The first-order valence-corrected chi connectivity index (χ1v) is 13.0. The number of allylic oxidation sites excluding steroid dienone is 3. The van der Waals surface area contributed by atoms with Crippen molar-refractivity contribution in [1.29, 1.82) is 0 Å². The first-order valence-electron chi connectivity index (χ1n) is 13.0. The van der Waals surface area contributed by atoms with Crippen molar-refractivity contribution in [3.8, 4) is 0 Å². The Morgan fingerprint density at radius 1 is 1.11 bits per heavy atom. The molecule has 208 valence electrons. The number of hydrogen-bond donors (Lipinski definition) is 2. The Balaban J connectivity index is 1.50. The molecule has 2 unspecified atom stereocenters. The second-order valence-corrected chi connectivity index (χ2v) is 11.9. The summed E-state index contributed by atoms with van der Waals surface area (Å²) in [5, 5.41) is 12.0. The lowest BCUT2D eigenvalue weighted by Gasteiger charge is -2.57. The number of halogens is 5. The van der Waals surface area contributed by atoms with Gasteiger partial charge in [0.15, 0.2) is 0 Å². The van der Waals surface area contributed by atoms with Crippen LogP contribution in [0.2, 0.25) is 0 Å². The number of hydrogen-bond acceptors (Lipinski definition) is 4. The van der Waals surface area contributed by atoms with E-state index in [2.05, 4.69) is 18.3 Å². The van der Waals surface area contributed by atoms with E-state index < -0.39 is 41.5 Å². The minimum atomic E-state index is -5.91. The SMILES string of the molecule is COC(=O)C1=CC2=CC[C@H]3[C@@H]4CC[C@H](C(=O)NC(C)C(O)C(F)(F)C(F)(F)F)[C@@]4(C)CC[C@@H]3[C@@]2(C)CC1. The molecule has 0 radical (unpaired) electrons. The summed E-state index contributed by atoms with van der Waals surface area (Å²) in [5.74, 6) is -5.84. The van der Waals surface area contributed by atoms with Crippen LogP contribution in [-0.2, 0) is 14.3 Å². The summed E-state index contributed by atoms with van der Waals surface area (Å²) in [6.45, 7) is 5.25. The Kier molecular flexibility index (Phi) is 7.08. The highest BCUT2D eigenvalue weighted by Crippen LogP contribution is 2.66. The lowest BCUT2D eigenvalue weighted by molar-refractivity contribution is -0.315. The molecule has 2 saturated carbocycles. The Morgan fingerprint density at radius 2 is 1.78 bits per heavy atom. The number of alkyl halides is 5. The standard InChI is InChI=1S/C27H36F5NO4/c1-14(21(34)26(28,29)27(30,31)32)33-22(35)20-8-7-18-17-6-5-16-13-15(23(36)37-4)9-11-24(16,2)19(17)10-12-25(18,20)3/h5,13-14,17-21,34H,6-12H2,1-4H3,(H,33,35)/t14?,17-,18-,19-,20+,21?,24-,25-/m0/s1. The van der Waals surface area contributed by atoms with Crippen LogP contribution in [0.3, 0.4) is 0 Å². The Hall–Kier alpha value is -1.97. The summed E-state index contributed by atoms with van der Waals surface area (Å²) >= 11 is 0. The molecule has 5 nitrogen and oxygen atoms in total. The van der Waals surface area contributed by atoms with Gasteiger partial charge >= 0.3 is 18.1 Å². The number of rotatable bonds is 5. The van der Waals surface area contributed by atoms with Crippen LogP contribution in [0, 0.1) is 34.5 Å². The molecule has 0 aromatic heterocycles.